The Morgan fingerprint density at radius 1 is 1.14 bits per heavy atom. The van der Waals surface area contributed by atoms with E-state index in [9.17, 15) is 4.79 Å². The summed E-state index contributed by atoms with van der Waals surface area (Å²) in [5, 5.41) is 0. The van der Waals surface area contributed by atoms with Crippen molar-refractivity contribution >= 4 is 11.7 Å². The number of benzene rings is 1. The van der Waals surface area contributed by atoms with Crippen molar-refractivity contribution in [2.75, 3.05) is 37.6 Å². The molecule has 2 aliphatic rings. The second kappa shape index (κ2) is 6.48. The third kappa shape index (κ3) is 3.56. The number of carbonyl (C=O) groups is 1. The molecule has 114 valence electrons. The highest BCUT2D eigenvalue weighted by Crippen LogP contribution is 2.23. The predicted molar refractivity (Wildman–Crippen MR) is 83.4 cm³/mol. The Hall–Kier alpha value is -1.55. The van der Waals surface area contributed by atoms with Gasteiger partial charge in [0.15, 0.2) is 0 Å². The predicted octanol–water partition coefficient (Wildman–Crippen LogP) is 2.15. The molecule has 2 atom stereocenters. The zero-order valence-electron chi connectivity index (χ0n) is 12.7. The normalized spacial score (nSPS) is 26.9. The summed E-state index contributed by atoms with van der Waals surface area (Å²) in [6, 6.07) is 10.6. The quantitative estimate of drug-likeness (QED) is 0.795. The lowest BCUT2D eigenvalue weighted by Gasteiger charge is -2.36. The summed E-state index contributed by atoms with van der Waals surface area (Å²) < 4.78 is 5.38. The molecule has 2 heterocycles. The van der Waals surface area contributed by atoms with Crippen LogP contribution in [0.25, 0.3) is 0 Å². The standard InChI is InChI=1S/C17H24N2O2/c1-14-13-16(21-17(14)20)7-8-18-9-11-19(12-10-18)15-5-3-2-4-6-15/h2-6,14,16H,7-13H2,1H3/t14?,16-/m1/s1. The van der Waals surface area contributed by atoms with Crippen molar-refractivity contribution in [2.45, 2.75) is 25.9 Å². The van der Waals surface area contributed by atoms with Gasteiger partial charge in [0.1, 0.15) is 6.10 Å². The van der Waals surface area contributed by atoms with E-state index in [1.807, 2.05) is 6.92 Å². The Bertz CT molecular complexity index is 469. The number of cyclic esters (lactones) is 1. The minimum Gasteiger partial charge on any atom is -0.462 e. The number of esters is 1. The minimum atomic E-state index is -0.0195. The molecule has 21 heavy (non-hydrogen) atoms. The molecule has 0 amide bonds. The second-order valence-corrected chi connectivity index (χ2v) is 6.15. The number of piperazine rings is 1. The summed E-state index contributed by atoms with van der Waals surface area (Å²) in [4.78, 5) is 16.3. The molecule has 0 bridgehead atoms. The van der Waals surface area contributed by atoms with E-state index >= 15 is 0 Å². The highest BCUT2D eigenvalue weighted by atomic mass is 16.5. The van der Waals surface area contributed by atoms with Crippen LogP contribution in [0.4, 0.5) is 5.69 Å². The van der Waals surface area contributed by atoms with E-state index in [1.54, 1.807) is 0 Å². The van der Waals surface area contributed by atoms with E-state index in [1.165, 1.54) is 5.69 Å². The molecule has 1 aromatic carbocycles. The van der Waals surface area contributed by atoms with Crippen molar-refractivity contribution in [2.24, 2.45) is 5.92 Å². The summed E-state index contributed by atoms with van der Waals surface area (Å²) in [7, 11) is 0. The van der Waals surface area contributed by atoms with E-state index in [4.69, 9.17) is 4.74 Å². The van der Waals surface area contributed by atoms with Gasteiger partial charge < -0.3 is 9.64 Å². The van der Waals surface area contributed by atoms with Crippen LogP contribution in [-0.4, -0.2) is 49.7 Å². The van der Waals surface area contributed by atoms with Crippen LogP contribution in [-0.2, 0) is 9.53 Å². The van der Waals surface area contributed by atoms with Gasteiger partial charge in [-0.1, -0.05) is 25.1 Å². The maximum absolute atomic E-state index is 11.4. The molecule has 3 rings (SSSR count). The number of rotatable bonds is 4. The van der Waals surface area contributed by atoms with Crippen molar-refractivity contribution in [3.05, 3.63) is 30.3 Å². The van der Waals surface area contributed by atoms with Crippen molar-refractivity contribution in [1.82, 2.24) is 4.90 Å². The summed E-state index contributed by atoms with van der Waals surface area (Å²) in [5.41, 5.74) is 1.32. The van der Waals surface area contributed by atoms with Crippen LogP contribution in [0, 0.1) is 5.92 Å². The molecule has 0 saturated carbocycles. The first-order valence-electron chi connectivity index (χ1n) is 7.95. The lowest BCUT2D eigenvalue weighted by molar-refractivity contribution is -0.144. The Labute approximate surface area is 126 Å². The van der Waals surface area contributed by atoms with Gasteiger partial charge >= 0.3 is 5.97 Å². The molecule has 2 aliphatic heterocycles. The third-order valence-electron chi connectivity index (χ3n) is 4.56. The first-order chi connectivity index (χ1) is 10.2. The van der Waals surface area contributed by atoms with Gasteiger partial charge in [0.25, 0.3) is 0 Å². The van der Waals surface area contributed by atoms with E-state index in [0.29, 0.717) is 0 Å². The minimum absolute atomic E-state index is 0.0195. The molecule has 4 nitrogen and oxygen atoms in total. The Balaban J connectivity index is 1.41. The summed E-state index contributed by atoms with van der Waals surface area (Å²) in [6.45, 7) is 7.32. The molecule has 0 radical (unpaired) electrons. The summed E-state index contributed by atoms with van der Waals surface area (Å²) >= 11 is 0. The summed E-state index contributed by atoms with van der Waals surface area (Å²) in [6.07, 6.45) is 2.00. The van der Waals surface area contributed by atoms with Crippen LogP contribution < -0.4 is 4.90 Å². The van der Waals surface area contributed by atoms with Gasteiger partial charge in [-0.15, -0.1) is 0 Å². The molecule has 2 fully saturated rings. The van der Waals surface area contributed by atoms with E-state index in [-0.39, 0.29) is 18.0 Å². The number of hydrogen-bond acceptors (Lipinski definition) is 4. The van der Waals surface area contributed by atoms with Crippen LogP contribution in [0.5, 0.6) is 0 Å². The second-order valence-electron chi connectivity index (χ2n) is 6.15. The fourth-order valence-corrected chi connectivity index (χ4v) is 3.19. The molecule has 2 saturated heterocycles. The van der Waals surface area contributed by atoms with Crippen molar-refractivity contribution in [3.8, 4) is 0 Å². The molecule has 1 unspecified atom stereocenters. The molecule has 1 aromatic rings. The lowest BCUT2D eigenvalue weighted by atomic mass is 10.1. The average Bonchev–Trinajstić information content (AvgIpc) is 2.85. The molecule has 0 aliphatic carbocycles. The first-order valence-corrected chi connectivity index (χ1v) is 7.95. The zero-order chi connectivity index (χ0) is 14.7. The number of ether oxygens (including phenoxy) is 1. The molecular formula is C17H24N2O2. The fourth-order valence-electron chi connectivity index (χ4n) is 3.19. The molecule has 0 aromatic heterocycles. The zero-order valence-corrected chi connectivity index (χ0v) is 12.7. The van der Waals surface area contributed by atoms with Gasteiger partial charge in [0.2, 0.25) is 0 Å². The van der Waals surface area contributed by atoms with Gasteiger partial charge in [-0.3, -0.25) is 9.69 Å². The highest BCUT2D eigenvalue weighted by molar-refractivity contribution is 5.74. The fraction of sp³-hybridized carbons (Fsp3) is 0.588. The van der Waals surface area contributed by atoms with E-state index in [2.05, 4.69) is 40.1 Å². The van der Waals surface area contributed by atoms with Gasteiger partial charge in [-0.25, -0.2) is 0 Å². The van der Waals surface area contributed by atoms with Gasteiger partial charge in [-0.2, -0.15) is 0 Å². The van der Waals surface area contributed by atoms with Crippen LogP contribution >= 0.6 is 0 Å². The van der Waals surface area contributed by atoms with Gasteiger partial charge in [-0.05, 0) is 25.0 Å². The largest absolute Gasteiger partial charge is 0.462 e. The lowest BCUT2D eigenvalue weighted by Crippen LogP contribution is -2.47. The first kappa shape index (κ1) is 14.4. The van der Waals surface area contributed by atoms with Gasteiger partial charge in [0, 0.05) is 38.4 Å². The maximum Gasteiger partial charge on any atom is 0.309 e. The van der Waals surface area contributed by atoms with E-state index < -0.39 is 0 Å². The topological polar surface area (TPSA) is 32.8 Å². The molecule has 4 heteroatoms. The smallest absolute Gasteiger partial charge is 0.309 e. The van der Waals surface area contributed by atoms with Crippen LogP contribution in [0.2, 0.25) is 0 Å². The van der Waals surface area contributed by atoms with Crippen molar-refractivity contribution in [3.63, 3.8) is 0 Å². The number of anilines is 1. The SMILES string of the molecule is CC1C[C@@H](CCN2CCN(c3ccccc3)CC2)OC1=O. The molecule has 0 N–H and O–H groups in total. The van der Waals surface area contributed by atoms with Crippen LogP contribution in [0.3, 0.4) is 0 Å². The number of nitrogens with zero attached hydrogens (tertiary/aromatic N) is 2. The van der Waals surface area contributed by atoms with E-state index in [0.717, 1.165) is 45.6 Å². The number of para-hydroxylation sites is 1. The maximum atomic E-state index is 11.4. The van der Waals surface area contributed by atoms with Crippen molar-refractivity contribution < 1.29 is 9.53 Å². The Morgan fingerprint density at radius 2 is 1.86 bits per heavy atom. The number of hydrogen-bond donors (Lipinski definition) is 0. The third-order valence-corrected chi connectivity index (χ3v) is 4.56. The number of carbonyl (C=O) groups excluding carboxylic acids is 1. The molecule has 0 spiro atoms. The molecular weight excluding hydrogens is 264 g/mol. The average molecular weight is 288 g/mol. The monoisotopic (exact) mass is 288 g/mol. The van der Waals surface area contributed by atoms with Gasteiger partial charge in [0.05, 0.1) is 5.92 Å². The van der Waals surface area contributed by atoms with Crippen LogP contribution in [0.1, 0.15) is 19.8 Å². The Kier molecular flexibility index (Phi) is 4.44. The van der Waals surface area contributed by atoms with Crippen LogP contribution in [0.15, 0.2) is 30.3 Å². The Morgan fingerprint density at radius 3 is 2.48 bits per heavy atom. The van der Waals surface area contributed by atoms with Crippen molar-refractivity contribution in [1.29, 1.82) is 0 Å². The summed E-state index contributed by atoms with van der Waals surface area (Å²) in [5.74, 6) is 0.0684. The highest BCUT2D eigenvalue weighted by Gasteiger charge is 2.31.